The largest absolute Gasteiger partial charge is 0.486 e. The van der Waals surface area contributed by atoms with E-state index in [4.69, 9.17) is 16.3 Å². The molecule has 0 aliphatic carbocycles. The molecular formula is C9H8ClFO. The number of hydrogen-bond donors (Lipinski definition) is 0. The van der Waals surface area contributed by atoms with Crippen LogP contribution >= 0.6 is 11.6 Å². The molecule has 1 aromatic rings. The van der Waals surface area contributed by atoms with Crippen LogP contribution in [-0.4, -0.2) is 6.61 Å². The zero-order valence-corrected chi connectivity index (χ0v) is 7.09. The quantitative estimate of drug-likeness (QED) is 0.705. The minimum Gasteiger partial charge on any atom is -0.486 e. The highest BCUT2D eigenvalue weighted by molar-refractivity contribution is 6.25. The van der Waals surface area contributed by atoms with E-state index in [1.54, 1.807) is 24.3 Å². The van der Waals surface area contributed by atoms with Crippen molar-refractivity contribution in [3.63, 3.8) is 0 Å². The number of para-hydroxylation sites is 1. The first-order valence-electron chi connectivity index (χ1n) is 3.47. The number of hydrogen-bond acceptors (Lipinski definition) is 1. The van der Waals surface area contributed by atoms with Gasteiger partial charge in [-0.2, -0.15) is 0 Å². The lowest BCUT2D eigenvalue weighted by Gasteiger charge is -2.02. The average molecular weight is 187 g/mol. The summed E-state index contributed by atoms with van der Waals surface area (Å²) in [5.41, 5.74) is 1.33. The molecule has 0 atom stereocenters. The summed E-state index contributed by atoms with van der Waals surface area (Å²) in [5.74, 6) is -0.118. The third kappa shape index (κ3) is 2.55. The predicted octanol–water partition coefficient (Wildman–Crippen LogP) is 2.96. The molecule has 0 amide bonds. The predicted molar refractivity (Wildman–Crippen MR) is 46.9 cm³/mol. The van der Waals surface area contributed by atoms with E-state index in [2.05, 4.69) is 0 Å². The first kappa shape index (κ1) is 9.07. The highest BCUT2D eigenvalue weighted by Crippen LogP contribution is 2.14. The maximum Gasteiger partial charge on any atom is 0.165 e. The van der Waals surface area contributed by atoms with Gasteiger partial charge < -0.3 is 4.74 Å². The van der Waals surface area contributed by atoms with E-state index in [1.165, 1.54) is 11.6 Å². The Morgan fingerprint density at radius 2 is 2.17 bits per heavy atom. The molecule has 0 aliphatic heterocycles. The Morgan fingerprint density at radius 3 is 2.83 bits per heavy atom. The van der Waals surface area contributed by atoms with Crippen molar-refractivity contribution in [1.82, 2.24) is 0 Å². The Balaban J connectivity index is 2.57. The maximum absolute atomic E-state index is 12.8. The lowest BCUT2D eigenvalue weighted by Crippen LogP contribution is -1.94. The molecule has 0 aliphatic rings. The topological polar surface area (TPSA) is 9.23 Å². The van der Waals surface area contributed by atoms with Crippen LogP contribution in [0.2, 0.25) is 0 Å². The van der Waals surface area contributed by atoms with Gasteiger partial charge >= 0.3 is 0 Å². The van der Waals surface area contributed by atoms with Crippen LogP contribution in [0.25, 0.3) is 0 Å². The molecule has 64 valence electrons. The SMILES string of the molecule is Fc1ccccc1OC/C=C/Cl. The van der Waals surface area contributed by atoms with Crippen LogP contribution in [0.1, 0.15) is 0 Å². The van der Waals surface area contributed by atoms with Crippen LogP contribution in [0, 0.1) is 5.82 Å². The summed E-state index contributed by atoms with van der Waals surface area (Å²) in [5, 5.41) is 0. The normalized spacial score (nSPS) is 10.5. The molecule has 1 aromatic carbocycles. The minimum absolute atomic E-state index is 0.243. The standard InChI is InChI=1S/C9H8ClFO/c10-6-3-7-12-9-5-2-1-4-8(9)11/h1-6H,7H2/b6-3+. The summed E-state index contributed by atoms with van der Waals surface area (Å²) in [7, 11) is 0. The van der Waals surface area contributed by atoms with E-state index in [0.29, 0.717) is 0 Å². The minimum atomic E-state index is -0.361. The van der Waals surface area contributed by atoms with Gasteiger partial charge in [-0.05, 0) is 18.2 Å². The van der Waals surface area contributed by atoms with E-state index < -0.39 is 0 Å². The van der Waals surface area contributed by atoms with Gasteiger partial charge in [-0.1, -0.05) is 23.7 Å². The second kappa shape index (κ2) is 4.78. The monoisotopic (exact) mass is 186 g/mol. The molecule has 0 N–H and O–H groups in total. The Labute approximate surface area is 75.4 Å². The molecule has 0 radical (unpaired) electrons. The van der Waals surface area contributed by atoms with Crippen molar-refractivity contribution in [2.75, 3.05) is 6.61 Å². The van der Waals surface area contributed by atoms with Crippen LogP contribution in [0.4, 0.5) is 4.39 Å². The molecule has 3 heteroatoms. The molecule has 0 unspecified atom stereocenters. The van der Waals surface area contributed by atoms with Crippen LogP contribution in [0.5, 0.6) is 5.75 Å². The van der Waals surface area contributed by atoms with Gasteiger partial charge in [-0.25, -0.2) is 4.39 Å². The molecule has 1 nitrogen and oxygen atoms in total. The molecule has 0 spiro atoms. The number of halogens is 2. The third-order valence-electron chi connectivity index (χ3n) is 1.26. The first-order chi connectivity index (χ1) is 5.84. The average Bonchev–Trinajstić information content (AvgIpc) is 2.09. The van der Waals surface area contributed by atoms with E-state index in [9.17, 15) is 4.39 Å². The second-order valence-corrected chi connectivity index (χ2v) is 2.36. The third-order valence-corrected chi connectivity index (χ3v) is 1.44. The molecule has 12 heavy (non-hydrogen) atoms. The zero-order valence-electron chi connectivity index (χ0n) is 6.34. The fourth-order valence-electron chi connectivity index (χ4n) is 0.736. The van der Waals surface area contributed by atoms with Gasteiger partial charge in [0.2, 0.25) is 0 Å². The Bertz CT molecular complexity index is 273. The van der Waals surface area contributed by atoms with Gasteiger partial charge in [0, 0.05) is 5.54 Å². The van der Waals surface area contributed by atoms with Gasteiger partial charge in [0.1, 0.15) is 6.61 Å². The Kier molecular flexibility index (Phi) is 3.61. The fourth-order valence-corrected chi connectivity index (χ4v) is 0.809. The van der Waals surface area contributed by atoms with Crippen LogP contribution in [0.15, 0.2) is 35.9 Å². The van der Waals surface area contributed by atoms with Crippen LogP contribution < -0.4 is 4.74 Å². The summed E-state index contributed by atoms with van der Waals surface area (Å²) in [6, 6.07) is 6.24. The van der Waals surface area contributed by atoms with Crippen LogP contribution in [-0.2, 0) is 0 Å². The van der Waals surface area contributed by atoms with Crippen LogP contribution in [0.3, 0.4) is 0 Å². The van der Waals surface area contributed by atoms with Crippen molar-refractivity contribution in [1.29, 1.82) is 0 Å². The van der Waals surface area contributed by atoms with Gasteiger partial charge in [0.05, 0.1) is 0 Å². The van der Waals surface area contributed by atoms with Crippen molar-refractivity contribution in [3.05, 3.63) is 41.7 Å². The van der Waals surface area contributed by atoms with Gasteiger partial charge in [-0.15, -0.1) is 0 Å². The van der Waals surface area contributed by atoms with E-state index in [1.807, 2.05) is 0 Å². The molecular weight excluding hydrogens is 179 g/mol. The first-order valence-corrected chi connectivity index (χ1v) is 3.91. The lowest BCUT2D eigenvalue weighted by molar-refractivity contribution is 0.342. The molecule has 0 saturated carbocycles. The van der Waals surface area contributed by atoms with E-state index >= 15 is 0 Å². The van der Waals surface area contributed by atoms with Crippen molar-refractivity contribution in [2.24, 2.45) is 0 Å². The highest BCUT2D eigenvalue weighted by Gasteiger charge is 1.98. The molecule has 0 saturated heterocycles. The molecule has 0 fully saturated rings. The summed E-state index contributed by atoms with van der Waals surface area (Å²) in [6.07, 6.45) is 1.59. The summed E-state index contributed by atoms with van der Waals surface area (Å²) in [4.78, 5) is 0. The summed E-state index contributed by atoms with van der Waals surface area (Å²) < 4.78 is 17.9. The van der Waals surface area contributed by atoms with Crippen molar-refractivity contribution < 1.29 is 9.13 Å². The highest BCUT2D eigenvalue weighted by atomic mass is 35.5. The van der Waals surface area contributed by atoms with Crippen molar-refractivity contribution >= 4 is 11.6 Å². The number of benzene rings is 1. The molecule has 1 rings (SSSR count). The summed E-state index contributed by atoms with van der Waals surface area (Å²) >= 11 is 5.25. The van der Waals surface area contributed by atoms with Gasteiger partial charge in [0.25, 0.3) is 0 Å². The van der Waals surface area contributed by atoms with Crippen molar-refractivity contribution in [3.8, 4) is 5.75 Å². The smallest absolute Gasteiger partial charge is 0.165 e. The van der Waals surface area contributed by atoms with Crippen molar-refractivity contribution in [2.45, 2.75) is 0 Å². The van der Waals surface area contributed by atoms with E-state index in [0.717, 1.165) is 0 Å². The molecule has 0 heterocycles. The zero-order chi connectivity index (χ0) is 8.81. The second-order valence-electron chi connectivity index (χ2n) is 2.10. The Hall–Kier alpha value is -1.02. The molecule has 0 aromatic heterocycles. The maximum atomic E-state index is 12.8. The number of ether oxygens (including phenoxy) is 1. The Morgan fingerprint density at radius 1 is 1.42 bits per heavy atom. The lowest BCUT2D eigenvalue weighted by atomic mass is 10.3. The van der Waals surface area contributed by atoms with Gasteiger partial charge in [0.15, 0.2) is 11.6 Å². The van der Waals surface area contributed by atoms with Gasteiger partial charge in [-0.3, -0.25) is 0 Å². The van der Waals surface area contributed by atoms with E-state index in [-0.39, 0.29) is 18.2 Å². The summed E-state index contributed by atoms with van der Waals surface area (Å²) in [6.45, 7) is 0.282. The molecule has 0 bridgehead atoms. The number of rotatable bonds is 3. The fraction of sp³-hybridized carbons (Fsp3) is 0.111.